The molecule has 0 amide bonds. The molecule has 1 rings (SSSR count). The van der Waals surface area contributed by atoms with Gasteiger partial charge in [-0.05, 0) is 41.1 Å². The molecular weight excluding hydrogens is 272 g/mol. The molecule has 0 saturated carbocycles. The molecule has 0 aliphatic heterocycles. The molecule has 11 heavy (non-hydrogen) atoms. The zero-order valence-corrected chi connectivity index (χ0v) is 8.77. The van der Waals surface area contributed by atoms with E-state index >= 15 is 0 Å². The SMILES string of the molecule is Cc1ccc(C#N)c(I)c1Cl. The highest BCUT2D eigenvalue weighted by atomic mass is 127. The fourth-order valence-corrected chi connectivity index (χ4v) is 1.62. The fraction of sp³-hybridized carbons (Fsp3) is 0.125. The highest BCUT2D eigenvalue weighted by Crippen LogP contribution is 2.24. The maximum absolute atomic E-state index is 8.62. The number of hydrogen-bond acceptors (Lipinski definition) is 1. The van der Waals surface area contributed by atoms with Gasteiger partial charge in [-0.1, -0.05) is 17.7 Å². The summed E-state index contributed by atoms with van der Waals surface area (Å²) in [5.41, 5.74) is 1.65. The summed E-state index contributed by atoms with van der Waals surface area (Å²) in [7, 11) is 0. The van der Waals surface area contributed by atoms with Crippen molar-refractivity contribution in [1.82, 2.24) is 0 Å². The van der Waals surface area contributed by atoms with Crippen LogP contribution < -0.4 is 0 Å². The van der Waals surface area contributed by atoms with Crippen LogP contribution in [0.3, 0.4) is 0 Å². The lowest BCUT2D eigenvalue weighted by atomic mass is 10.2. The predicted octanol–water partition coefficient (Wildman–Crippen LogP) is 3.12. The van der Waals surface area contributed by atoms with E-state index in [1.165, 1.54) is 0 Å². The van der Waals surface area contributed by atoms with Gasteiger partial charge in [0, 0.05) is 3.57 Å². The molecule has 3 heteroatoms. The van der Waals surface area contributed by atoms with Gasteiger partial charge in [-0.25, -0.2) is 0 Å². The van der Waals surface area contributed by atoms with Gasteiger partial charge in [0.15, 0.2) is 0 Å². The molecule has 0 bridgehead atoms. The first-order valence-electron chi connectivity index (χ1n) is 3.01. The van der Waals surface area contributed by atoms with Crippen molar-refractivity contribution in [1.29, 1.82) is 5.26 Å². The number of halogens is 2. The summed E-state index contributed by atoms with van der Waals surface area (Å²) in [6.07, 6.45) is 0. The summed E-state index contributed by atoms with van der Waals surface area (Å²) in [5.74, 6) is 0. The van der Waals surface area contributed by atoms with Gasteiger partial charge in [-0.15, -0.1) is 0 Å². The summed E-state index contributed by atoms with van der Waals surface area (Å²) >= 11 is 7.98. The average molecular weight is 277 g/mol. The number of rotatable bonds is 0. The molecule has 0 spiro atoms. The topological polar surface area (TPSA) is 23.8 Å². The Balaban J connectivity index is 3.40. The maximum Gasteiger partial charge on any atom is 0.100 e. The molecule has 1 nitrogen and oxygen atoms in total. The van der Waals surface area contributed by atoms with E-state index in [4.69, 9.17) is 16.9 Å². The zero-order valence-electron chi connectivity index (χ0n) is 5.86. The fourth-order valence-electron chi connectivity index (χ4n) is 0.732. The molecule has 0 radical (unpaired) electrons. The average Bonchev–Trinajstić information content (AvgIpc) is 2.01. The number of nitrogens with zero attached hydrogens (tertiary/aromatic N) is 1. The van der Waals surface area contributed by atoms with E-state index in [-0.39, 0.29) is 0 Å². The maximum atomic E-state index is 8.62. The molecule has 56 valence electrons. The van der Waals surface area contributed by atoms with Crippen LogP contribution in [0.25, 0.3) is 0 Å². The van der Waals surface area contributed by atoms with Crippen LogP contribution in [0.2, 0.25) is 5.02 Å². The monoisotopic (exact) mass is 277 g/mol. The summed E-state index contributed by atoms with van der Waals surface area (Å²) in [6.45, 7) is 1.92. The highest BCUT2D eigenvalue weighted by molar-refractivity contribution is 14.1. The van der Waals surface area contributed by atoms with Gasteiger partial charge in [-0.2, -0.15) is 5.26 Å². The Kier molecular flexibility index (Phi) is 2.74. The number of nitriles is 1. The largest absolute Gasteiger partial charge is 0.192 e. The highest BCUT2D eigenvalue weighted by Gasteiger charge is 2.04. The van der Waals surface area contributed by atoms with Crippen molar-refractivity contribution in [2.24, 2.45) is 0 Å². The first kappa shape index (κ1) is 8.82. The van der Waals surface area contributed by atoms with Gasteiger partial charge in [0.1, 0.15) is 6.07 Å². The van der Waals surface area contributed by atoms with Gasteiger partial charge in [-0.3, -0.25) is 0 Å². The molecule has 0 aromatic heterocycles. The van der Waals surface area contributed by atoms with E-state index in [9.17, 15) is 0 Å². The standard InChI is InChI=1S/C8H5ClIN/c1-5-2-3-6(4-11)8(10)7(5)9/h2-3H,1H3. The van der Waals surface area contributed by atoms with Gasteiger partial charge < -0.3 is 0 Å². The van der Waals surface area contributed by atoms with Crippen LogP contribution in [0, 0.1) is 21.8 Å². The predicted molar refractivity (Wildman–Crippen MR) is 53.6 cm³/mol. The van der Waals surface area contributed by atoms with Crippen LogP contribution in [0.1, 0.15) is 11.1 Å². The number of benzene rings is 1. The van der Waals surface area contributed by atoms with Crippen molar-refractivity contribution in [3.05, 3.63) is 31.9 Å². The summed E-state index contributed by atoms with van der Waals surface area (Å²) in [5, 5.41) is 9.31. The van der Waals surface area contributed by atoms with Crippen molar-refractivity contribution >= 4 is 34.2 Å². The van der Waals surface area contributed by atoms with Crippen molar-refractivity contribution < 1.29 is 0 Å². The van der Waals surface area contributed by atoms with Crippen LogP contribution >= 0.6 is 34.2 Å². The summed E-state index contributed by atoms with van der Waals surface area (Å²) in [4.78, 5) is 0. The van der Waals surface area contributed by atoms with Gasteiger partial charge in [0.2, 0.25) is 0 Å². The van der Waals surface area contributed by atoms with Crippen LogP contribution in [-0.2, 0) is 0 Å². The van der Waals surface area contributed by atoms with Crippen molar-refractivity contribution in [2.75, 3.05) is 0 Å². The Morgan fingerprint density at radius 2 is 2.18 bits per heavy atom. The minimum atomic E-state index is 0.640. The normalized spacial score (nSPS) is 9.27. The molecule has 0 aliphatic rings. The molecule has 0 N–H and O–H groups in total. The molecule has 0 atom stereocenters. The van der Waals surface area contributed by atoms with E-state index in [2.05, 4.69) is 28.7 Å². The van der Waals surface area contributed by atoms with Crippen molar-refractivity contribution in [3.8, 4) is 6.07 Å². The Morgan fingerprint density at radius 1 is 1.55 bits per heavy atom. The molecule has 0 heterocycles. The minimum absolute atomic E-state index is 0.640. The van der Waals surface area contributed by atoms with E-state index in [1.54, 1.807) is 6.07 Å². The Morgan fingerprint density at radius 3 is 2.73 bits per heavy atom. The minimum Gasteiger partial charge on any atom is -0.192 e. The van der Waals surface area contributed by atoms with Crippen LogP contribution in [0.15, 0.2) is 12.1 Å². The van der Waals surface area contributed by atoms with Gasteiger partial charge in [0.25, 0.3) is 0 Å². The number of aryl methyl sites for hydroxylation is 1. The molecule has 0 aliphatic carbocycles. The molecule has 0 saturated heterocycles. The van der Waals surface area contributed by atoms with E-state index in [0.717, 1.165) is 9.13 Å². The second kappa shape index (κ2) is 3.42. The summed E-state index contributed by atoms with van der Waals surface area (Å²) in [6, 6.07) is 5.70. The molecule has 1 aromatic rings. The second-order valence-corrected chi connectivity index (χ2v) is 3.63. The molecule has 1 aromatic carbocycles. The lowest BCUT2D eigenvalue weighted by Crippen LogP contribution is -1.85. The third-order valence-corrected chi connectivity index (χ3v) is 3.32. The van der Waals surface area contributed by atoms with E-state index < -0.39 is 0 Å². The van der Waals surface area contributed by atoms with Crippen molar-refractivity contribution in [3.63, 3.8) is 0 Å². The Hall–Kier alpha value is -0.270. The Labute approximate surface area is 84.1 Å². The third kappa shape index (κ3) is 1.66. The second-order valence-electron chi connectivity index (χ2n) is 2.17. The van der Waals surface area contributed by atoms with Crippen molar-refractivity contribution in [2.45, 2.75) is 6.92 Å². The number of hydrogen-bond donors (Lipinski definition) is 0. The lowest BCUT2D eigenvalue weighted by molar-refractivity contribution is 1.40. The van der Waals surface area contributed by atoms with Gasteiger partial charge in [0.05, 0.1) is 10.6 Å². The van der Waals surface area contributed by atoms with Crippen LogP contribution in [0.5, 0.6) is 0 Å². The smallest absolute Gasteiger partial charge is 0.100 e. The molecule has 0 fully saturated rings. The van der Waals surface area contributed by atoms with E-state index in [1.807, 2.05) is 13.0 Å². The van der Waals surface area contributed by atoms with Crippen LogP contribution in [0.4, 0.5) is 0 Å². The first-order valence-corrected chi connectivity index (χ1v) is 4.47. The zero-order chi connectivity index (χ0) is 8.43. The lowest BCUT2D eigenvalue weighted by Gasteiger charge is -2.00. The summed E-state index contributed by atoms with van der Waals surface area (Å²) < 4.78 is 0.840. The molecular formula is C8H5ClIN. The Bertz CT molecular complexity index is 328. The third-order valence-electron chi connectivity index (χ3n) is 1.40. The van der Waals surface area contributed by atoms with Crippen LogP contribution in [-0.4, -0.2) is 0 Å². The van der Waals surface area contributed by atoms with Gasteiger partial charge >= 0.3 is 0 Å². The molecule has 0 unspecified atom stereocenters. The first-order chi connectivity index (χ1) is 5.16. The van der Waals surface area contributed by atoms with E-state index in [0.29, 0.717) is 10.6 Å². The quantitative estimate of drug-likeness (QED) is 0.668.